The molecule has 0 bridgehead atoms. The van der Waals surface area contributed by atoms with Gasteiger partial charge in [0.2, 0.25) is 5.89 Å². The molecule has 5 rings (SSSR count). The number of nitrogens with two attached hydrogens (primary N) is 1. The van der Waals surface area contributed by atoms with Crippen LogP contribution in [0.1, 0.15) is 23.9 Å². The normalized spacial score (nSPS) is 13.6. The lowest BCUT2D eigenvalue weighted by atomic mass is 10.0. The number of benzene rings is 1. The third kappa shape index (κ3) is 3.83. The van der Waals surface area contributed by atoms with E-state index in [1.54, 1.807) is 35.6 Å². The molecule has 0 spiro atoms. The minimum atomic E-state index is -0.0446. The quantitative estimate of drug-likeness (QED) is 0.526. The molecule has 9 nitrogen and oxygen atoms in total. The second kappa shape index (κ2) is 8.38. The summed E-state index contributed by atoms with van der Waals surface area (Å²) in [4.78, 5) is 27.3. The van der Waals surface area contributed by atoms with E-state index in [1.807, 2.05) is 36.4 Å². The Balaban J connectivity index is 0.00000259. The summed E-state index contributed by atoms with van der Waals surface area (Å²) in [6, 6.07) is 13.0. The van der Waals surface area contributed by atoms with Crippen LogP contribution in [0.2, 0.25) is 0 Å². The third-order valence-corrected chi connectivity index (χ3v) is 5.18. The minimum absolute atomic E-state index is 0. The molecule has 0 radical (unpaired) electrons. The Bertz CT molecular complexity index is 1290. The molecule has 1 aromatic carbocycles. The zero-order chi connectivity index (χ0) is 21.9. The van der Waals surface area contributed by atoms with Crippen molar-refractivity contribution < 1.29 is 10.6 Å². The van der Waals surface area contributed by atoms with Gasteiger partial charge in [0, 0.05) is 32.5 Å². The maximum Gasteiger partial charge on any atom is 0.270 e. The second-order valence-corrected chi connectivity index (χ2v) is 7.24. The summed E-state index contributed by atoms with van der Waals surface area (Å²) >= 11 is 0. The SMILES string of the molecule is Nc1ncc(C2=CCN(C(=O)c3cccnc3)CC2)nc1-c1nnc(-c2ccccc2)o1.[HH]. The number of carbonyl (C=O) groups excluding carboxylic acids is 1. The largest absolute Gasteiger partial charge is 0.414 e. The highest BCUT2D eigenvalue weighted by atomic mass is 16.4. The fourth-order valence-electron chi connectivity index (χ4n) is 3.48. The van der Waals surface area contributed by atoms with Crippen molar-refractivity contribution in [3.8, 4) is 23.0 Å². The molecule has 1 aliphatic rings. The average Bonchev–Trinajstić information content (AvgIpc) is 3.35. The summed E-state index contributed by atoms with van der Waals surface area (Å²) in [6.07, 6.45) is 7.47. The molecule has 0 saturated carbocycles. The molecule has 2 N–H and O–H groups in total. The Morgan fingerprint density at radius 3 is 2.66 bits per heavy atom. The van der Waals surface area contributed by atoms with Gasteiger partial charge in [0.15, 0.2) is 11.5 Å². The lowest BCUT2D eigenvalue weighted by molar-refractivity contribution is 0.0772. The Labute approximate surface area is 185 Å². The van der Waals surface area contributed by atoms with Crippen LogP contribution >= 0.6 is 0 Å². The molecule has 0 unspecified atom stereocenters. The predicted molar refractivity (Wildman–Crippen MR) is 120 cm³/mol. The molecule has 160 valence electrons. The number of hydrogen-bond acceptors (Lipinski definition) is 8. The number of carbonyl (C=O) groups is 1. The molecule has 3 aromatic heterocycles. The number of nitrogen functional groups attached to an aromatic ring is 1. The number of nitrogens with zero attached hydrogens (tertiary/aromatic N) is 6. The molecule has 0 atom stereocenters. The summed E-state index contributed by atoms with van der Waals surface area (Å²) in [5.41, 5.74) is 9.42. The number of pyridine rings is 1. The van der Waals surface area contributed by atoms with E-state index in [1.165, 1.54) is 0 Å². The topological polar surface area (TPSA) is 124 Å². The molecule has 1 aliphatic heterocycles. The summed E-state index contributed by atoms with van der Waals surface area (Å²) in [7, 11) is 0. The van der Waals surface area contributed by atoms with Crippen molar-refractivity contribution in [1.82, 2.24) is 30.0 Å². The summed E-state index contributed by atoms with van der Waals surface area (Å²) in [5, 5.41) is 8.20. The second-order valence-electron chi connectivity index (χ2n) is 7.24. The molecular weight excluding hydrogens is 406 g/mol. The Morgan fingerprint density at radius 2 is 1.91 bits per heavy atom. The summed E-state index contributed by atoms with van der Waals surface area (Å²) < 4.78 is 5.79. The van der Waals surface area contributed by atoms with E-state index in [4.69, 9.17) is 10.2 Å². The number of rotatable bonds is 4. The van der Waals surface area contributed by atoms with E-state index >= 15 is 0 Å². The summed E-state index contributed by atoms with van der Waals surface area (Å²) in [6.45, 7) is 1.04. The summed E-state index contributed by atoms with van der Waals surface area (Å²) in [5.74, 6) is 0.757. The zero-order valence-electron chi connectivity index (χ0n) is 17.0. The monoisotopic (exact) mass is 427 g/mol. The van der Waals surface area contributed by atoms with Crippen LogP contribution in [0, 0.1) is 0 Å². The molecule has 0 fully saturated rings. The molecular formula is C23H21N7O2. The van der Waals surface area contributed by atoms with Crippen LogP contribution in [0.4, 0.5) is 5.82 Å². The highest BCUT2D eigenvalue weighted by Gasteiger charge is 2.22. The van der Waals surface area contributed by atoms with Crippen LogP contribution in [0.15, 0.2) is 71.5 Å². The fourth-order valence-corrected chi connectivity index (χ4v) is 3.48. The molecule has 4 heterocycles. The van der Waals surface area contributed by atoms with Crippen LogP contribution in [0.3, 0.4) is 0 Å². The smallest absolute Gasteiger partial charge is 0.270 e. The third-order valence-electron chi connectivity index (χ3n) is 5.18. The molecule has 9 heteroatoms. The van der Waals surface area contributed by atoms with Gasteiger partial charge in [-0.2, -0.15) is 0 Å². The Kier molecular flexibility index (Phi) is 5.12. The van der Waals surface area contributed by atoms with Crippen molar-refractivity contribution >= 4 is 17.3 Å². The van der Waals surface area contributed by atoms with E-state index in [0.717, 1.165) is 11.1 Å². The van der Waals surface area contributed by atoms with Gasteiger partial charge in [0.25, 0.3) is 11.8 Å². The first kappa shape index (κ1) is 19.6. The maximum absolute atomic E-state index is 12.6. The van der Waals surface area contributed by atoms with Crippen LogP contribution < -0.4 is 5.73 Å². The van der Waals surface area contributed by atoms with Crippen molar-refractivity contribution in [3.63, 3.8) is 0 Å². The highest BCUT2D eigenvalue weighted by Crippen LogP contribution is 2.28. The first-order chi connectivity index (χ1) is 15.7. The standard InChI is InChI=1S/C23H19N7O2.H2/c24-20-19(22-29-28-21(32-22)16-5-2-1-3-6-16)27-18(14-26-20)15-8-11-30(12-9-15)23(31)17-7-4-10-25-13-17;/h1-8,10,13-14H,9,11-12H2,(H2,24,26);1H. The van der Waals surface area contributed by atoms with Crippen molar-refractivity contribution in [2.45, 2.75) is 6.42 Å². The number of anilines is 1. The van der Waals surface area contributed by atoms with E-state index in [9.17, 15) is 4.79 Å². The number of aromatic nitrogens is 5. The van der Waals surface area contributed by atoms with Gasteiger partial charge in [-0.1, -0.05) is 24.3 Å². The molecule has 4 aromatic rings. The first-order valence-electron chi connectivity index (χ1n) is 10.1. The molecule has 0 saturated heterocycles. The van der Waals surface area contributed by atoms with Gasteiger partial charge in [0.1, 0.15) is 0 Å². The lowest BCUT2D eigenvalue weighted by Crippen LogP contribution is -2.34. The number of hydrogen-bond donors (Lipinski definition) is 1. The number of amides is 1. The van der Waals surface area contributed by atoms with Crippen LogP contribution in [0.5, 0.6) is 0 Å². The predicted octanol–water partition coefficient (Wildman–Crippen LogP) is 3.35. The van der Waals surface area contributed by atoms with E-state index < -0.39 is 0 Å². The Morgan fingerprint density at radius 1 is 1.06 bits per heavy atom. The molecule has 0 aliphatic carbocycles. The van der Waals surface area contributed by atoms with Gasteiger partial charge >= 0.3 is 0 Å². The van der Waals surface area contributed by atoms with Crippen LogP contribution in [-0.2, 0) is 0 Å². The van der Waals surface area contributed by atoms with Gasteiger partial charge in [-0.25, -0.2) is 9.97 Å². The van der Waals surface area contributed by atoms with Gasteiger partial charge in [-0.15, -0.1) is 10.2 Å². The maximum atomic E-state index is 12.6. The first-order valence-corrected chi connectivity index (χ1v) is 10.1. The van der Waals surface area contributed by atoms with E-state index in [-0.39, 0.29) is 19.0 Å². The van der Waals surface area contributed by atoms with Crippen LogP contribution in [0.25, 0.3) is 28.6 Å². The molecule has 1 amide bonds. The zero-order valence-corrected chi connectivity index (χ0v) is 17.0. The van der Waals surface area contributed by atoms with E-state index in [2.05, 4.69) is 25.1 Å². The van der Waals surface area contributed by atoms with Gasteiger partial charge in [-0.3, -0.25) is 9.78 Å². The fraction of sp³-hybridized carbons (Fsp3) is 0.130. The highest BCUT2D eigenvalue weighted by molar-refractivity contribution is 5.94. The van der Waals surface area contributed by atoms with Crippen molar-refractivity contribution in [3.05, 3.63) is 78.4 Å². The molecule has 32 heavy (non-hydrogen) atoms. The van der Waals surface area contributed by atoms with E-state index in [0.29, 0.717) is 42.4 Å². The van der Waals surface area contributed by atoms with Gasteiger partial charge in [0.05, 0.1) is 17.5 Å². The van der Waals surface area contributed by atoms with Crippen molar-refractivity contribution in [2.24, 2.45) is 0 Å². The van der Waals surface area contributed by atoms with Crippen molar-refractivity contribution in [2.75, 3.05) is 18.8 Å². The minimum Gasteiger partial charge on any atom is -0.414 e. The Hall–Kier alpha value is -4.40. The average molecular weight is 427 g/mol. The van der Waals surface area contributed by atoms with Gasteiger partial charge < -0.3 is 15.1 Å². The lowest BCUT2D eigenvalue weighted by Gasteiger charge is -2.26. The van der Waals surface area contributed by atoms with Crippen molar-refractivity contribution in [1.29, 1.82) is 0 Å². The van der Waals surface area contributed by atoms with Gasteiger partial charge in [-0.05, 0) is 36.3 Å². The van der Waals surface area contributed by atoms with Crippen LogP contribution in [-0.4, -0.2) is 49.0 Å².